The highest BCUT2D eigenvalue weighted by Gasteiger charge is 2.10. The number of halogens is 1. The monoisotopic (exact) mass is 306 g/mol. The molecule has 0 atom stereocenters. The van der Waals surface area contributed by atoms with Crippen molar-refractivity contribution in [1.29, 1.82) is 0 Å². The molecule has 0 spiro atoms. The Hall–Kier alpha value is -2.24. The summed E-state index contributed by atoms with van der Waals surface area (Å²) in [6, 6.07) is 14.0. The van der Waals surface area contributed by atoms with Crippen LogP contribution in [-0.2, 0) is 0 Å². The van der Waals surface area contributed by atoms with E-state index in [0.717, 1.165) is 0 Å². The first-order valence-corrected chi connectivity index (χ1v) is 6.70. The summed E-state index contributed by atoms with van der Waals surface area (Å²) in [6.07, 6.45) is 0. The number of para-hydroxylation sites is 2. The summed E-state index contributed by atoms with van der Waals surface area (Å²) in [5.41, 5.74) is 2.45. The van der Waals surface area contributed by atoms with E-state index in [-0.39, 0.29) is 6.61 Å². The van der Waals surface area contributed by atoms with E-state index in [0.29, 0.717) is 28.7 Å². The number of hydrogen-bond donors (Lipinski definition) is 2. The summed E-state index contributed by atoms with van der Waals surface area (Å²) in [5, 5.41) is 0.542. The molecule has 110 valence electrons. The van der Waals surface area contributed by atoms with Crippen LogP contribution in [0.3, 0.4) is 0 Å². The van der Waals surface area contributed by atoms with Crippen LogP contribution in [0.4, 0.5) is 0 Å². The van der Waals surface area contributed by atoms with Crippen molar-refractivity contribution in [2.45, 2.75) is 0 Å². The van der Waals surface area contributed by atoms with E-state index in [1.54, 1.807) is 36.4 Å². The Kier molecular flexibility index (Phi) is 5.43. The van der Waals surface area contributed by atoms with E-state index in [4.69, 9.17) is 26.9 Å². The van der Waals surface area contributed by atoms with Crippen LogP contribution in [0.5, 0.6) is 11.5 Å². The lowest BCUT2D eigenvalue weighted by atomic mass is 10.2. The van der Waals surface area contributed by atoms with Crippen LogP contribution in [0, 0.1) is 0 Å². The highest BCUT2D eigenvalue weighted by molar-refractivity contribution is 6.32. The number of hydrogen-bond acceptors (Lipinski definition) is 4. The van der Waals surface area contributed by atoms with Gasteiger partial charge in [0, 0.05) is 0 Å². The number of hydrazine groups is 1. The summed E-state index contributed by atoms with van der Waals surface area (Å²) in [7, 11) is 0. The van der Waals surface area contributed by atoms with Gasteiger partial charge in [-0.15, -0.1) is 0 Å². The van der Waals surface area contributed by atoms with Crippen molar-refractivity contribution in [1.82, 2.24) is 5.43 Å². The van der Waals surface area contributed by atoms with Gasteiger partial charge in [0.05, 0.1) is 10.6 Å². The number of carbonyl (C=O) groups is 1. The molecule has 0 saturated heterocycles. The van der Waals surface area contributed by atoms with Crippen molar-refractivity contribution >= 4 is 17.5 Å². The van der Waals surface area contributed by atoms with Gasteiger partial charge < -0.3 is 9.47 Å². The highest BCUT2D eigenvalue weighted by Crippen LogP contribution is 2.23. The molecule has 3 N–H and O–H groups in total. The highest BCUT2D eigenvalue weighted by atomic mass is 35.5. The quantitative estimate of drug-likeness (QED) is 0.372. The normalized spacial score (nSPS) is 10.0. The maximum Gasteiger partial charge on any atom is 0.268 e. The Labute approximate surface area is 127 Å². The molecule has 0 unspecified atom stereocenters. The Balaban J connectivity index is 1.90. The fourth-order valence-corrected chi connectivity index (χ4v) is 1.91. The summed E-state index contributed by atoms with van der Waals surface area (Å²) in [4.78, 5) is 11.6. The van der Waals surface area contributed by atoms with E-state index >= 15 is 0 Å². The molecule has 0 aromatic heterocycles. The zero-order valence-corrected chi connectivity index (χ0v) is 12.0. The van der Waals surface area contributed by atoms with Crippen molar-refractivity contribution < 1.29 is 14.3 Å². The van der Waals surface area contributed by atoms with Crippen molar-refractivity contribution in [2.24, 2.45) is 5.84 Å². The number of nitrogen functional groups attached to an aromatic ring is 1. The molecule has 0 aliphatic carbocycles. The predicted octanol–water partition coefficient (Wildman–Crippen LogP) is 2.40. The molecule has 2 rings (SSSR count). The first-order chi connectivity index (χ1) is 10.2. The summed E-state index contributed by atoms with van der Waals surface area (Å²) < 4.78 is 11.0. The lowest BCUT2D eigenvalue weighted by Gasteiger charge is -2.11. The number of nitrogens with two attached hydrogens (primary N) is 1. The van der Waals surface area contributed by atoms with Gasteiger partial charge in [-0.3, -0.25) is 10.2 Å². The molecule has 1 amide bonds. The second-order valence-electron chi connectivity index (χ2n) is 4.10. The van der Waals surface area contributed by atoms with E-state index in [2.05, 4.69) is 5.43 Å². The largest absolute Gasteiger partial charge is 0.489 e. The van der Waals surface area contributed by atoms with Gasteiger partial charge >= 0.3 is 0 Å². The molecule has 0 aliphatic rings. The first-order valence-electron chi connectivity index (χ1n) is 6.32. The standard InChI is InChI=1S/C15H15ClN2O3/c16-12-6-2-4-8-14(12)21-10-9-20-13-7-3-1-5-11(13)15(19)18-17/h1-8H,9-10,17H2,(H,18,19). The topological polar surface area (TPSA) is 73.6 Å². The van der Waals surface area contributed by atoms with Crippen LogP contribution in [0.25, 0.3) is 0 Å². The van der Waals surface area contributed by atoms with E-state index in [1.807, 2.05) is 12.1 Å². The van der Waals surface area contributed by atoms with Crippen LogP contribution < -0.4 is 20.7 Å². The third-order valence-electron chi connectivity index (χ3n) is 2.70. The summed E-state index contributed by atoms with van der Waals surface area (Å²) in [6.45, 7) is 0.586. The summed E-state index contributed by atoms with van der Waals surface area (Å²) in [5.74, 6) is 5.76. The molecular formula is C15H15ClN2O3. The third-order valence-corrected chi connectivity index (χ3v) is 3.01. The first kappa shape index (κ1) is 15.2. The van der Waals surface area contributed by atoms with Gasteiger partial charge in [-0.1, -0.05) is 35.9 Å². The molecule has 0 bridgehead atoms. The zero-order chi connectivity index (χ0) is 15.1. The molecule has 0 radical (unpaired) electrons. The van der Waals surface area contributed by atoms with E-state index in [1.165, 1.54) is 0 Å². The van der Waals surface area contributed by atoms with E-state index in [9.17, 15) is 4.79 Å². The maximum absolute atomic E-state index is 11.6. The number of ether oxygens (including phenoxy) is 2. The minimum absolute atomic E-state index is 0.278. The molecule has 21 heavy (non-hydrogen) atoms. The van der Waals surface area contributed by atoms with Crippen LogP contribution in [0.15, 0.2) is 48.5 Å². The lowest BCUT2D eigenvalue weighted by Crippen LogP contribution is -2.30. The molecule has 0 aliphatic heterocycles. The Morgan fingerprint density at radius 1 is 1.00 bits per heavy atom. The molecular weight excluding hydrogens is 292 g/mol. The lowest BCUT2D eigenvalue weighted by molar-refractivity contribution is 0.0948. The van der Waals surface area contributed by atoms with Crippen LogP contribution in [-0.4, -0.2) is 19.1 Å². The SMILES string of the molecule is NNC(=O)c1ccccc1OCCOc1ccccc1Cl. The number of amides is 1. The molecule has 0 heterocycles. The molecule has 0 fully saturated rings. The van der Waals surface area contributed by atoms with Crippen molar-refractivity contribution in [3.8, 4) is 11.5 Å². The minimum atomic E-state index is -0.405. The third kappa shape index (κ3) is 4.11. The predicted molar refractivity (Wildman–Crippen MR) is 80.5 cm³/mol. The van der Waals surface area contributed by atoms with Crippen molar-refractivity contribution in [2.75, 3.05) is 13.2 Å². The minimum Gasteiger partial charge on any atom is -0.489 e. The Morgan fingerprint density at radius 3 is 2.24 bits per heavy atom. The second-order valence-corrected chi connectivity index (χ2v) is 4.50. The van der Waals surface area contributed by atoms with Crippen LogP contribution in [0.1, 0.15) is 10.4 Å². The van der Waals surface area contributed by atoms with Gasteiger partial charge in [-0.25, -0.2) is 5.84 Å². The van der Waals surface area contributed by atoms with Gasteiger partial charge in [-0.2, -0.15) is 0 Å². The average molecular weight is 307 g/mol. The fraction of sp³-hybridized carbons (Fsp3) is 0.133. The van der Waals surface area contributed by atoms with Gasteiger partial charge in [0.25, 0.3) is 5.91 Å². The van der Waals surface area contributed by atoms with Gasteiger partial charge in [0.15, 0.2) is 0 Å². The van der Waals surface area contributed by atoms with Crippen LogP contribution >= 0.6 is 11.6 Å². The molecule has 2 aromatic rings. The fourth-order valence-electron chi connectivity index (χ4n) is 1.72. The Morgan fingerprint density at radius 2 is 1.57 bits per heavy atom. The molecule has 0 saturated carbocycles. The van der Waals surface area contributed by atoms with Gasteiger partial charge in [0.1, 0.15) is 24.7 Å². The molecule has 2 aromatic carbocycles. The second kappa shape index (κ2) is 7.52. The van der Waals surface area contributed by atoms with Gasteiger partial charge in [-0.05, 0) is 24.3 Å². The van der Waals surface area contributed by atoms with Crippen molar-refractivity contribution in [3.05, 3.63) is 59.1 Å². The van der Waals surface area contributed by atoms with Crippen molar-refractivity contribution in [3.63, 3.8) is 0 Å². The van der Waals surface area contributed by atoms with E-state index < -0.39 is 5.91 Å². The number of carbonyl (C=O) groups excluding carboxylic acids is 1. The number of nitrogens with one attached hydrogen (secondary N) is 1. The maximum atomic E-state index is 11.6. The molecule has 6 heteroatoms. The van der Waals surface area contributed by atoms with Crippen LogP contribution in [0.2, 0.25) is 5.02 Å². The van der Waals surface area contributed by atoms with Gasteiger partial charge in [0.2, 0.25) is 0 Å². The number of benzene rings is 2. The number of rotatable bonds is 6. The Bertz CT molecular complexity index is 619. The zero-order valence-electron chi connectivity index (χ0n) is 11.2. The summed E-state index contributed by atoms with van der Waals surface area (Å²) >= 11 is 5.97. The smallest absolute Gasteiger partial charge is 0.268 e. The molecule has 5 nitrogen and oxygen atoms in total. The average Bonchev–Trinajstić information content (AvgIpc) is 2.52.